The van der Waals surface area contributed by atoms with Crippen molar-refractivity contribution < 1.29 is 32.4 Å². The molecule has 2 aromatic carbocycles. The summed E-state index contributed by atoms with van der Waals surface area (Å²) in [4.78, 5) is 47.0. The highest BCUT2D eigenvalue weighted by Gasteiger charge is 2.31. The molecule has 1 amide bonds. The van der Waals surface area contributed by atoms with Crippen molar-refractivity contribution in [1.82, 2.24) is 25.0 Å². The maximum atomic E-state index is 13.1. The molecule has 0 saturated heterocycles. The van der Waals surface area contributed by atoms with E-state index in [2.05, 4.69) is 20.4 Å². The Hall–Kier alpha value is -4.88. The van der Waals surface area contributed by atoms with E-state index >= 15 is 0 Å². The van der Waals surface area contributed by atoms with E-state index in [1.54, 1.807) is 38.1 Å². The highest BCUT2D eigenvalue weighted by atomic mass is 19.4. The van der Waals surface area contributed by atoms with Crippen LogP contribution >= 0.6 is 0 Å². The van der Waals surface area contributed by atoms with Gasteiger partial charge in [-0.05, 0) is 29.7 Å². The highest BCUT2D eigenvalue weighted by Crippen LogP contribution is 2.30. The molecule has 0 aliphatic rings. The number of rotatable bonds is 10. The smallest absolute Gasteiger partial charge is 0.416 e. The Balaban J connectivity index is 1.46. The second-order valence-electron chi connectivity index (χ2n) is 10.2. The van der Waals surface area contributed by atoms with Gasteiger partial charge in [0.25, 0.3) is 0 Å². The first-order valence-electron chi connectivity index (χ1n) is 12.9. The number of amides is 1. The number of aromatic hydroxyl groups is 1. The lowest BCUT2D eigenvalue weighted by atomic mass is 9.99. The lowest BCUT2D eigenvalue weighted by Gasteiger charge is -2.19. The van der Waals surface area contributed by atoms with Gasteiger partial charge in [-0.3, -0.25) is 14.2 Å². The van der Waals surface area contributed by atoms with Gasteiger partial charge in [-0.1, -0.05) is 49.3 Å². The van der Waals surface area contributed by atoms with E-state index in [-0.39, 0.29) is 29.4 Å². The summed E-state index contributed by atoms with van der Waals surface area (Å²) in [7, 11) is 3.74. The first kappa shape index (κ1) is 30.1. The van der Waals surface area contributed by atoms with Crippen molar-refractivity contribution in [2.24, 2.45) is 5.92 Å². The molecule has 0 bridgehead atoms. The Bertz CT molecular complexity index is 1640. The molecule has 14 heteroatoms. The van der Waals surface area contributed by atoms with E-state index in [4.69, 9.17) is 4.52 Å². The lowest BCUT2D eigenvalue weighted by Crippen LogP contribution is -2.46. The third-order valence-electron chi connectivity index (χ3n) is 6.49. The van der Waals surface area contributed by atoms with Crippen LogP contribution in [0.3, 0.4) is 0 Å². The predicted molar refractivity (Wildman–Crippen MR) is 146 cm³/mol. The van der Waals surface area contributed by atoms with Gasteiger partial charge in [0.05, 0.1) is 18.0 Å². The summed E-state index contributed by atoms with van der Waals surface area (Å²) in [6, 6.07) is 10.5. The summed E-state index contributed by atoms with van der Waals surface area (Å²) < 4.78 is 45.0. The van der Waals surface area contributed by atoms with Crippen LogP contribution in [0, 0.1) is 5.92 Å². The van der Waals surface area contributed by atoms with Crippen molar-refractivity contribution in [1.29, 1.82) is 0 Å². The number of nitrogens with one attached hydrogen (secondary N) is 2. The zero-order valence-corrected chi connectivity index (χ0v) is 23.2. The van der Waals surface area contributed by atoms with E-state index in [0.717, 1.165) is 22.4 Å². The monoisotopic (exact) mass is 586 g/mol. The van der Waals surface area contributed by atoms with Crippen LogP contribution in [0.1, 0.15) is 41.5 Å². The molecule has 4 aromatic rings. The summed E-state index contributed by atoms with van der Waals surface area (Å²) >= 11 is 0. The van der Waals surface area contributed by atoms with Gasteiger partial charge in [0.1, 0.15) is 12.2 Å². The Labute approximate surface area is 238 Å². The number of imidazole rings is 1. The fourth-order valence-electron chi connectivity index (χ4n) is 4.23. The fraction of sp³-hybridized carbons (Fsp3) is 0.321. The molecule has 11 nitrogen and oxygen atoms in total. The summed E-state index contributed by atoms with van der Waals surface area (Å²) in [5.74, 6) is -2.75. The van der Waals surface area contributed by atoms with Gasteiger partial charge in [-0.15, -0.1) is 0 Å². The van der Waals surface area contributed by atoms with Crippen LogP contribution in [0.15, 0.2) is 57.8 Å². The first-order chi connectivity index (χ1) is 19.7. The Kier molecular flexibility index (Phi) is 8.54. The molecule has 0 aliphatic heterocycles. The van der Waals surface area contributed by atoms with Gasteiger partial charge in [0, 0.05) is 25.3 Å². The zero-order valence-electron chi connectivity index (χ0n) is 23.2. The lowest BCUT2D eigenvalue weighted by molar-refractivity contribution is -0.137. The predicted octanol–water partition coefficient (Wildman–Crippen LogP) is 3.63. The van der Waals surface area contributed by atoms with E-state index in [1.165, 1.54) is 12.1 Å². The van der Waals surface area contributed by atoms with Crippen molar-refractivity contribution in [3.63, 3.8) is 0 Å². The summed E-state index contributed by atoms with van der Waals surface area (Å²) in [6.45, 7) is 2.75. The number of ketones is 1. The van der Waals surface area contributed by atoms with E-state index in [9.17, 15) is 32.7 Å². The molecule has 3 N–H and O–H groups in total. The molecular weight excluding hydrogens is 557 g/mol. The van der Waals surface area contributed by atoms with Crippen molar-refractivity contribution >= 4 is 17.4 Å². The van der Waals surface area contributed by atoms with Gasteiger partial charge >= 0.3 is 11.9 Å². The van der Waals surface area contributed by atoms with Gasteiger partial charge in [-0.25, -0.2) is 4.79 Å². The Morgan fingerprint density at radius 3 is 2.45 bits per heavy atom. The van der Waals surface area contributed by atoms with Crippen LogP contribution in [-0.4, -0.2) is 56.6 Å². The summed E-state index contributed by atoms with van der Waals surface area (Å²) in [6.07, 6.45) is -4.66. The number of alkyl halides is 3. The van der Waals surface area contributed by atoms with Crippen LogP contribution in [0.25, 0.3) is 11.3 Å². The minimum atomic E-state index is -4.52. The molecule has 42 heavy (non-hydrogen) atoms. The number of nitrogens with zero attached hydrogens (tertiary/aromatic N) is 4. The van der Waals surface area contributed by atoms with E-state index in [0.29, 0.717) is 5.56 Å². The second kappa shape index (κ2) is 11.9. The second-order valence-corrected chi connectivity index (χ2v) is 10.2. The number of hydrogen-bond donors (Lipinski definition) is 3. The minimum Gasteiger partial charge on any atom is -0.493 e. The van der Waals surface area contributed by atoms with Crippen LogP contribution in [0.5, 0.6) is 5.88 Å². The molecule has 4 rings (SSSR count). The molecule has 1 atom stereocenters. The topological polar surface area (TPSA) is 146 Å². The maximum Gasteiger partial charge on any atom is 0.416 e. The molecular formula is C28H29F3N6O5. The van der Waals surface area contributed by atoms with Crippen molar-refractivity contribution in [2.75, 3.05) is 19.0 Å². The number of halogens is 3. The van der Waals surface area contributed by atoms with E-state index in [1.807, 2.05) is 19.0 Å². The number of hydrogen-bond acceptors (Lipinski definition) is 8. The number of carbonyl (C=O) groups excluding carboxylic acids is 2. The van der Waals surface area contributed by atoms with Crippen LogP contribution in [-0.2, 0) is 23.9 Å². The number of carbonyl (C=O) groups is 2. The molecule has 2 aromatic heterocycles. The summed E-state index contributed by atoms with van der Waals surface area (Å²) in [5, 5.41) is 16.9. The summed E-state index contributed by atoms with van der Waals surface area (Å²) in [5.41, 5.74) is 0.274. The molecule has 0 unspecified atom stereocenters. The molecule has 0 aliphatic carbocycles. The molecule has 0 saturated carbocycles. The van der Waals surface area contributed by atoms with E-state index < -0.39 is 53.5 Å². The number of anilines is 1. The molecule has 0 spiro atoms. The van der Waals surface area contributed by atoms with Crippen molar-refractivity contribution in [3.8, 4) is 17.1 Å². The molecule has 2 heterocycles. The maximum absolute atomic E-state index is 13.1. The average Bonchev–Trinajstić information content (AvgIpc) is 3.51. The standard InChI is InChI=1S/C28H29F3N6O5/c1-15(2)22(24(39)25-33-21(42-35-25)13-16-6-5-7-18(12-16)28(29,30)31)32-20(38)14-37-26(40)23(34-27(37)41)17-8-10-19(11-9-17)36(3)4/h5-12,15,22,40H,13-14H2,1-4H3,(H,32,38)(H,34,41)/t22-/m0/s1. The number of Topliss-reactive ketones (excluding diaryl/α,β-unsaturated/α-hetero) is 1. The Morgan fingerprint density at radius 1 is 1.14 bits per heavy atom. The van der Waals surface area contributed by atoms with Crippen LogP contribution in [0.2, 0.25) is 0 Å². The number of aromatic nitrogens is 4. The number of H-pyrrole nitrogens is 1. The molecule has 222 valence electrons. The number of aromatic amines is 1. The SMILES string of the molecule is CC(C)[C@H](NC(=O)Cn1c(O)c(-c2ccc(N(C)C)cc2)[nH]c1=O)C(=O)c1noc(Cc2cccc(C(F)(F)F)c2)n1. The highest BCUT2D eigenvalue weighted by molar-refractivity contribution is 5.99. The van der Waals surface area contributed by atoms with Gasteiger partial charge in [-0.2, -0.15) is 18.2 Å². The van der Waals surface area contributed by atoms with Crippen LogP contribution < -0.4 is 15.9 Å². The normalized spacial score (nSPS) is 12.4. The third kappa shape index (κ3) is 6.70. The van der Waals surface area contributed by atoms with Crippen LogP contribution in [0.4, 0.5) is 18.9 Å². The first-order valence-corrected chi connectivity index (χ1v) is 12.9. The molecule has 0 fully saturated rings. The fourth-order valence-corrected chi connectivity index (χ4v) is 4.23. The number of benzene rings is 2. The van der Waals surface area contributed by atoms with Crippen molar-refractivity contribution in [3.05, 3.63) is 81.9 Å². The minimum absolute atomic E-state index is 0.0820. The quantitative estimate of drug-likeness (QED) is 0.239. The van der Waals surface area contributed by atoms with Crippen molar-refractivity contribution in [2.45, 2.75) is 39.0 Å². The van der Waals surface area contributed by atoms with Gasteiger partial charge < -0.3 is 24.8 Å². The Morgan fingerprint density at radius 2 is 1.83 bits per heavy atom. The largest absolute Gasteiger partial charge is 0.493 e. The van der Waals surface area contributed by atoms with Gasteiger partial charge in [0.15, 0.2) is 0 Å². The molecule has 0 radical (unpaired) electrons. The zero-order chi connectivity index (χ0) is 30.8. The average molecular weight is 587 g/mol. The van der Waals surface area contributed by atoms with Gasteiger partial charge in [0.2, 0.25) is 29.3 Å². The third-order valence-corrected chi connectivity index (χ3v) is 6.49.